The lowest BCUT2D eigenvalue weighted by atomic mass is 9.67. The largest absolute Gasteiger partial charge is 0.327 e. The molecule has 2 saturated carbocycles. The Labute approximate surface area is 74.7 Å². The molecule has 2 aliphatic carbocycles. The third kappa shape index (κ3) is 0.647. The maximum Gasteiger partial charge on any atom is 0.0116 e. The lowest BCUT2D eigenvalue weighted by molar-refractivity contribution is 0.119. The van der Waals surface area contributed by atoms with Crippen LogP contribution in [0.2, 0.25) is 0 Å². The maximum absolute atomic E-state index is 6.14. The number of fused-ring (bicyclic) bond motifs is 2. The number of hydrogen-bond acceptors (Lipinski definition) is 2. The van der Waals surface area contributed by atoms with Crippen LogP contribution in [-0.4, -0.2) is 12.1 Å². The van der Waals surface area contributed by atoms with Crippen LogP contribution in [0, 0.1) is 16.7 Å². The van der Waals surface area contributed by atoms with Gasteiger partial charge in [-0.25, -0.2) is 0 Å². The zero-order chi connectivity index (χ0) is 9.15. The van der Waals surface area contributed by atoms with E-state index in [1.54, 1.807) is 0 Å². The molecule has 0 aromatic rings. The minimum absolute atomic E-state index is 0.178. The van der Waals surface area contributed by atoms with Crippen molar-refractivity contribution in [3.63, 3.8) is 0 Å². The van der Waals surface area contributed by atoms with E-state index in [-0.39, 0.29) is 5.41 Å². The Morgan fingerprint density at radius 2 is 1.42 bits per heavy atom. The molecule has 2 aliphatic rings. The van der Waals surface area contributed by atoms with Crippen LogP contribution >= 0.6 is 0 Å². The van der Waals surface area contributed by atoms with Gasteiger partial charge in [-0.1, -0.05) is 20.8 Å². The van der Waals surface area contributed by atoms with Gasteiger partial charge < -0.3 is 11.5 Å². The average Bonchev–Trinajstić information content (AvgIpc) is 2.20. The normalized spacial score (nSPS) is 56.2. The Hall–Kier alpha value is -0.0800. The number of rotatable bonds is 0. The molecule has 2 bridgehead atoms. The third-order valence-corrected chi connectivity index (χ3v) is 5.03. The molecule has 0 heterocycles. The minimum Gasteiger partial charge on any atom is -0.327 e. The molecule has 0 aliphatic heterocycles. The molecule has 70 valence electrons. The summed E-state index contributed by atoms with van der Waals surface area (Å²) in [6, 6.07) is 0.641. The van der Waals surface area contributed by atoms with Gasteiger partial charge in [0.1, 0.15) is 0 Å². The van der Waals surface area contributed by atoms with Crippen LogP contribution in [0.15, 0.2) is 0 Å². The molecule has 0 aromatic heterocycles. The molecule has 0 amide bonds. The zero-order valence-corrected chi connectivity index (χ0v) is 8.30. The summed E-state index contributed by atoms with van der Waals surface area (Å²) in [7, 11) is 0. The van der Waals surface area contributed by atoms with Crippen molar-refractivity contribution in [1.82, 2.24) is 0 Å². The van der Waals surface area contributed by atoms with Crippen LogP contribution in [-0.2, 0) is 0 Å². The molecular weight excluding hydrogens is 148 g/mol. The fraction of sp³-hybridized carbons (Fsp3) is 1.00. The third-order valence-electron chi connectivity index (χ3n) is 5.03. The lowest BCUT2D eigenvalue weighted by Gasteiger charge is -2.41. The first kappa shape index (κ1) is 8.52. The van der Waals surface area contributed by atoms with Crippen molar-refractivity contribution < 1.29 is 0 Å². The molecule has 2 heteroatoms. The van der Waals surface area contributed by atoms with Gasteiger partial charge >= 0.3 is 0 Å². The molecule has 0 radical (unpaired) electrons. The first-order valence-electron chi connectivity index (χ1n) is 4.92. The number of nitrogens with two attached hydrogens (primary N) is 2. The molecule has 2 rings (SSSR count). The van der Waals surface area contributed by atoms with Gasteiger partial charge in [0.05, 0.1) is 0 Å². The van der Waals surface area contributed by atoms with Crippen molar-refractivity contribution in [1.29, 1.82) is 0 Å². The quantitative estimate of drug-likeness (QED) is 0.569. The summed E-state index contributed by atoms with van der Waals surface area (Å²) in [5.74, 6) is 0.757. The van der Waals surface area contributed by atoms with Crippen LogP contribution in [0.5, 0.6) is 0 Å². The highest BCUT2D eigenvalue weighted by Gasteiger charge is 2.64. The van der Waals surface area contributed by atoms with E-state index in [1.807, 2.05) is 0 Å². The van der Waals surface area contributed by atoms with Gasteiger partial charge in [-0.2, -0.15) is 0 Å². The molecule has 2 fully saturated rings. The Morgan fingerprint density at radius 3 is 1.58 bits per heavy atom. The van der Waals surface area contributed by atoms with Crippen LogP contribution in [0.1, 0.15) is 33.6 Å². The van der Waals surface area contributed by atoms with E-state index in [1.165, 1.54) is 12.8 Å². The van der Waals surface area contributed by atoms with E-state index >= 15 is 0 Å². The summed E-state index contributed by atoms with van der Waals surface area (Å²) in [4.78, 5) is 0. The molecule has 2 nitrogen and oxygen atoms in total. The SMILES string of the molecule is CC1(C)C2CC(N)C1(C)C(N)C2. The summed E-state index contributed by atoms with van der Waals surface area (Å²) in [6.07, 6.45) is 2.36. The van der Waals surface area contributed by atoms with Gasteiger partial charge in [0, 0.05) is 17.5 Å². The molecule has 12 heavy (non-hydrogen) atoms. The average molecular weight is 168 g/mol. The van der Waals surface area contributed by atoms with Crippen LogP contribution in [0.25, 0.3) is 0 Å². The van der Waals surface area contributed by atoms with Gasteiger partial charge in [0.2, 0.25) is 0 Å². The molecule has 2 unspecified atom stereocenters. The Kier molecular flexibility index (Phi) is 1.45. The molecular formula is C10H20N2. The van der Waals surface area contributed by atoms with Crippen LogP contribution in [0.3, 0.4) is 0 Å². The van der Waals surface area contributed by atoms with Gasteiger partial charge in [-0.05, 0) is 24.2 Å². The predicted molar refractivity (Wildman–Crippen MR) is 50.6 cm³/mol. The second kappa shape index (κ2) is 2.05. The highest BCUT2D eigenvalue weighted by atomic mass is 14.9. The Balaban J connectivity index is 2.44. The van der Waals surface area contributed by atoms with E-state index in [4.69, 9.17) is 11.5 Å². The van der Waals surface area contributed by atoms with E-state index in [9.17, 15) is 0 Å². The fourth-order valence-electron chi connectivity index (χ4n) is 3.46. The van der Waals surface area contributed by atoms with Crippen LogP contribution in [0.4, 0.5) is 0 Å². The summed E-state index contributed by atoms with van der Waals surface area (Å²) >= 11 is 0. The van der Waals surface area contributed by atoms with Crippen molar-refractivity contribution in [3.05, 3.63) is 0 Å². The van der Waals surface area contributed by atoms with Crippen molar-refractivity contribution in [2.24, 2.45) is 28.2 Å². The van der Waals surface area contributed by atoms with Crippen molar-refractivity contribution in [2.45, 2.75) is 45.7 Å². The molecule has 4 N–H and O–H groups in total. The van der Waals surface area contributed by atoms with Gasteiger partial charge in [-0.15, -0.1) is 0 Å². The zero-order valence-electron chi connectivity index (χ0n) is 8.30. The molecule has 0 spiro atoms. The molecule has 0 aromatic carbocycles. The summed E-state index contributed by atoms with van der Waals surface area (Å²) in [6.45, 7) is 6.93. The summed E-state index contributed by atoms with van der Waals surface area (Å²) < 4.78 is 0. The highest BCUT2D eigenvalue weighted by molar-refractivity contribution is 5.17. The lowest BCUT2D eigenvalue weighted by Crippen LogP contribution is -2.52. The number of hydrogen-bond donors (Lipinski definition) is 2. The summed E-state index contributed by atoms with van der Waals surface area (Å²) in [5.41, 5.74) is 12.8. The van der Waals surface area contributed by atoms with Gasteiger partial charge in [0.15, 0.2) is 0 Å². The smallest absolute Gasteiger partial charge is 0.0116 e. The molecule has 0 saturated heterocycles. The minimum atomic E-state index is 0.178. The summed E-state index contributed by atoms with van der Waals surface area (Å²) in [5, 5.41) is 0. The van der Waals surface area contributed by atoms with Crippen molar-refractivity contribution >= 4 is 0 Å². The first-order valence-corrected chi connectivity index (χ1v) is 4.92. The standard InChI is InChI=1S/C10H20N2/c1-9(2)6-4-7(11)10(9,3)8(12)5-6/h6-8H,4-5,11-12H2,1-3H3. The van der Waals surface area contributed by atoms with Gasteiger partial charge in [0.25, 0.3) is 0 Å². The highest BCUT2D eigenvalue weighted by Crippen LogP contribution is 2.64. The van der Waals surface area contributed by atoms with Crippen molar-refractivity contribution in [3.8, 4) is 0 Å². The topological polar surface area (TPSA) is 52.0 Å². The predicted octanol–water partition coefficient (Wildman–Crippen LogP) is 1.10. The second-order valence-corrected chi connectivity index (χ2v) is 5.39. The second-order valence-electron chi connectivity index (χ2n) is 5.39. The van der Waals surface area contributed by atoms with E-state index in [0.29, 0.717) is 17.5 Å². The molecule has 2 atom stereocenters. The monoisotopic (exact) mass is 168 g/mol. The first-order chi connectivity index (χ1) is 5.40. The van der Waals surface area contributed by atoms with E-state index in [0.717, 1.165) is 5.92 Å². The fourth-order valence-corrected chi connectivity index (χ4v) is 3.46. The Bertz CT molecular complexity index is 198. The van der Waals surface area contributed by atoms with E-state index < -0.39 is 0 Å². The van der Waals surface area contributed by atoms with Crippen LogP contribution < -0.4 is 11.5 Å². The van der Waals surface area contributed by atoms with Crippen molar-refractivity contribution in [2.75, 3.05) is 0 Å². The Morgan fingerprint density at radius 1 is 1.00 bits per heavy atom. The van der Waals surface area contributed by atoms with Gasteiger partial charge in [-0.3, -0.25) is 0 Å². The maximum atomic E-state index is 6.14. The van der Waals surface area contributed by atoms with E-state index in [2.05, 4.69) is 20.8 Å².